The molecule has 0 saturated heterocycles. The molecule has 0 fully saturated rings. The van der Waals surface area contributed by atoms with E-state index in [1.165, 1.54) is 31.4 Å². The van der Waals surface area contributed by atoms with Gasteiger partial charge in [0.2, 0.25) is 0 Å². The quantitative estimate of drug-likeness (QED) is 0.253. The molecule has 0 aliphatic rings. The second-order valence-electron chi connectivity index (χ2n) is 6.75. The van der Waals surface area contributed by atoms with Gasteiger partial charge in [-0.1, -0.05) is 41.9 Å². The largest absolute Gasteiger partial charge is 0.493 e. The summed E-state index contributed by atoms with van der Waals surface area (Å²) in [5.74, 6) is -0.224. The third kappa shape index (κ3) is 4.53. The molecule has 0 saturated carbocycles. The summed E-state index contributed by atoms with van der Waals surface area (Å²) in [6.07, 6.45) is 2.97. The van der Waals surface area contributed by atoms with Crippen LogP contribution in [0.5, 0.6) is 11.5 Å². The molecule has 3 aromatic carbocycles. The van der Waals surface area contributed by atoms with Crippen molar-refractivity contribution in [3.63, 3.8) is 0 Å². The topological polar surface area (TPSA) is 87.3 Å². The van der Waals surface area contributed by atoms with Crippen molar-refractivity contribution in [2.45, 2.75) is 0 Å². The molecule has 0 unspecified atom stereocenters. The molecule has 4 rings (SSSR count). The first-order chi connectivity index (χ1) is 15.4. The fourth-order valence-corrected chi connectivity index (χ4v) is 3.22. The summed E-state index contributed by atoms with van der Waals surface area (Å²) >= 11 is 5.87. The van der Waals surface area contributed by atoms with E-state index in [-0.39, 0.29) is 22.4 Å². The first-order valence-electron chi connectivity index (χ1n) is 9.50. The van der Waals surface area contributed by atoms with Crippen molar-refractivity contribution in [1.29, 1.82) is 0 Å². The molecule has 0 amide bonds. The fourth-order valence-electron chi connectivity index (χ4n) is 3.03. The van der Waals surface area contributed by atoms with Gasteiger partial charge < -0.3 is 15.2 Å². The molecular weight excluding hydrogens is 433 g/mol. The summed E-state index contributed by atoms with van der Waals surface area (Å²) in [4.78, 5) is 21.1. The third-order valence-electron chi connectivity index (χ3n) is 4.61. The van der Waals surface area contributed by atoms with Crippen molar-refractivity contribution < 1.29 is 18.7 Å². The molecule has 0 aliphatic carbocycles. The SMILES string of the molecule is COc1cc2nc(-c3ccc(F)c(Cl)c3)nc(N)c2cc1OC(=O)C=Cc1ccccc1. The van der Waals surface area contributed by atoms with Crippen LogP contribution in [0.1, 0.15) is 5.56 Å². The highest BCUT2D eigenvalue weighted by atomic mass is 35.5. The maximum atomic E-state index is 13.5. The third-order valence-corrected chi connectivity index (χ3v) is 4.90. The van der Waals surface area contributed by atoms with Crippen molar-refractivity contribution in [2.75, 3.05) is 12.8 Å². The van der Waals surface area contributed by atoms with Crippen LogP contribution < -0.4 is 15.2 Å². The van der Waals surface area contributed by atoms with Crippen LogP contribution in [0.2, 0.25) is 5.02 Å². The number of nitrogens with zero attached hydrogens (tertiary/aromatic N) is 2. The molecule has 4 aromatic rings. The summed E-state index contributed by atoms with van der Waals surface area (Å²) in [5.41, 5.74) is 7.96. The maximum Gasteiger partial charge on any atom is 0.336 e. The van der Waals surface area contributed by atoms with E-state index in [0.717, 1.165) is 5.56 Å². The van der Waals surface area contributed by atoms with Gasteiger partial charge in [-0.25, -0.2) is 19.2 Å². The average Bonchev–Trinajstić information content (AvgIpc) is 2.80. The number of anilines is 1. The summed E-state index contributed by atoms with van der Waals surface area (Å²) in [5, 5.41) is 0.422. The number of rotatable bonds is 5. The molecular formula is C24H17ClFN3O3. The number of hydrogen-bond acceptors (Lipinski definition) is 6. The second kappa shape index (κ2) is 9.03. The van der Waals surface area contributed by atoms with Gasteiger partial charge in [0.25, 0.3) is 0 Å². The molecule has 2 N–H and O–H groups in total. The van der Waals surface area contributed by atoms with Crippen LogP contribution in [0.3, 0.4) is 0 Å². The minimum atomic E-state index is -0.580. The van der Waals surface area contributed by atoms with Crippen molar-refractivity contribution in [2.24, 2.45) is 0 Å². The molecule has 0 bridgehead atoms. The van der Waals surface area contributed by atoms with E-state index in [2.05, 4.69) is 9.97 Å². The van der Waals surface area contributed by atoms with Crippen LogP contribution in [0.15, 0.2) is 66.7 Å². The van der Waals surface area contributed by atoms with Crippen LogP contribution in [0.25, 0.3) is 28.4 Å². The van der Waals surface area contributed by atoms with Crippen LogP contribution in [-0.2, 0) is 4.79 Å². The van der Waals surface area contributed by atoms with E-state index in [0.29, 0.717) is 22.2 Å². The average molecular weight is 450 g/mol. The molecule has 6 nitrogen and oxygen atoms in total. The molecule has 0 spiro atoms. The Kier molecular flexibility index (Phi) is 6.00. The number of esters is 1. The number of ether oxygens (including phenoxy) is 2. The minimum Gasteiger partial charge on any atom is -0.493 e. The summed E-state index contributed by atoms with van der Waals surface area (Å²) in [6, 6.07) is 16.6. The van der Waals surface area contributed by atoms with Gasteiger partial charge in [0.1, 0.15) is 11.6 Å². The van der Waals surface area contributed by atoms with E-state index in [9.17, 15) is 9.18 Å². The van der Waals surface area contributed by atoms with Crippen molar-refractivity contribution in [3.05, 3.63) is 83.1 Å². The number of carbonyl (C=O) groups excluding carboxylic acids is 1. The fraction of sp³-hybridized carbons (Fsp3) is 0.0417. The van der Waals surface area contributed by atoms with Gasteiger partial charge in [0.05, 0.1) is 17.6 Å². The number of fused-ring (bicyclic) bond motifs is 1. The number of carbonyl (C=O) groups is 1. The smallest absolute Gasteiger partial charge is 0.336 e. The Balaban J connectivity index is 1.67. The Bertz CT molecular complexity index is 1340. The second-order valence-corrected chi connectivity index (χ2v) is 7.15. The molecule has 0 radical (unpaired) electrons. The van der Waals surface area contributed by atoms with E-state index in [4.69, 9.17) is 26.8 Å². The van der Waals surface area contributed by atoms with Crippen molar-refractivity contribution in [3.8, 4) is 22.9 Å². The predicted molar refractivity (Wildman–Crippen MR) is 122 cm³/mol. The minimum absolute atomic E-state index is 0.0480. The number of nitrogens with two attached hydrogens (primary N) is 1. The van der Waals surface area contributed by atoms with E-state index < -0.39 is 11.8 Å². The molecule has 0 atom stereocenters. The molecule has 8 heteroatoms. The van der Waals surface area contributed by atoms with Crippen molar-refractivity contribution in [1.82, 2.24) is 9.97 Å². The monoisotopic (exact) mass is 449 g/mol. The standard InChI is InChI=1S/C24H17ClFN3O3/c1-31-20-13-19-16(12-21(20)32-22(30)10-7-14-5-3-2-4-6-14)23(27)29-24(28-19)15-8-9-18(26)17(25)11-15/h2-13H,1H3,(H2,27,28,29). The lowest BCUT2D eigenvalue weighted by Crippen LogP contribution is -2.06. The first-order valence-corrected chi connectivity index (χ1v) is 9.88. The van der Waals surface area contributed by atoms with E-state index in [1.54, 1.807) is 18.2 Å². The van der Waals surface area contributed by atoms with Gasteiger partial charge in [-0.05, 0) is 35.9 Å². The zero-order chi connectivity index (χ0) is 22.7. The summed E-state index contributed by atoms with van der Waals surface area (Å²) < 4.78 is 24.3. The number of halogens is 2. The Labute approximate surface area is 188 Å². The van der Waals surface area contributed by atoms with Gasteiger partial charge in [-0.2, -0.15) is 0 Å². The lowest BCUT2D eigenvalue weighted by molar-refractivity contribution is -0.129. The first kappa shape index (κ1) is 21.3. The van der Waals surface area contributed by atoms with Gasteiger partial charge in [0, 0.05) is 23.1 Å². The Morgan fingerprint density at radius 3 is 2.56 bits per heavy atom. The number of nitrogen functional groups attached to an aromatic ring is 1. The highest BCUT2D eigenvalue weighted by molar-refractivity contribution is 6.31. The molecule has 1 heterocycles. The van der Waals surface area contributed by atoms with Gasteiger partial charge in [-0.15, -0.1) is 0 Å². The van der Waals surface area contributed by atoms with Crippen molar-refractivity contribution >= 4 is 40.4 Å². The molecule has 32 heavy (non-hydrogen) atoms. The van der Waals surface area contributed by atoms with Gasteiger partial charge in [0.15, 0.2) is 17.3 Å². The van der Waals surface area contributed by atoms with Crippen LogP contribution in [-0.4, -0.2) is 23.0 Å². The maximum absolute atomic E-state index is 13.5. The summed E-state index contributed by atoms with van der Waals surface area (Å²) in [6.45, 7) is 0. The number of methoxy groups -OCH3 is 1. The number of benzene rings is 3. The Hall–Kier alpha value is -3.97. The van der Waals surface area contributed by atoms with Gasteiger partial charge >= 0.3 is 5.97 Å². The lowest BCUT2D eigenvalue weighted by atomic mass is 10.1. The van der Waals surface area contributed by atoms with Gasteiger partial charge in [-0.3, -0.25) is 0 Å². The molecule has 0 aliphatic heterocycles. The van der Waals surface area contributed by atoms with Crippen LogP contribution in [0, 0.1) is 5.82 Å². The number of hydrogen-bond donors (Lipinski definition) is 1. The zero-order valence-electron chi connectivity index (χ0n) is 16.9. The zero-order valence-corrected chi connectivity index (χ0v) is 17.6. The molecule has 160 valence electrons. The number of aromatic nitrogens is 2. The van der Waals surface area contributed by atoms with Crippen LogP contribution in [0.4, 0.5) is 10.2 Å². The Morgan fingerprint density at radius 1 is 1.06 bits per heavy atom. The highest BCUT2D eigenvalue weighted by Crippen LogP contribution is 2.35. The van der Waals surface area contributed by atoms with E-state index in [1.807, 2.05) is 30.3 Å². The summed E-state index contributed by atoms with van der Waals surface area (Å²) in [7, 11) is 1.45. The van der Waals surface area contributed by atoms with E-state index >= 15 is 0 Å². The lowest BCUT2D eigenvalue weighted by Gasteiger charge is -2.11. The van der Waals surface area contributed by atoms with Crippen LogP contribution >= 0.6 is 11.6 Å². The normalized spacial score (nSPS) is 11.1. The predicted octanol–water partition coefficient (Wildman–Crippen LogP) is 5.30. The highest BCUT2D eigenvalue weighted by Gasteiger charge is 2.15. The molecule has 1 aromatic heterocycles. The Morgan fingerprint density at radius 2 is 1.84 bits per heavy atom.